The van der Waals surface area contributed by atoms with E-state index in [1.807, 2.05) is 49.4 Å². The van der Waals surface area contributed by atoms with Gasteiger partial charge in [-0.1, -0.05) is 49.4 Å². The number of ether oxygens (including phenoxy) is 1. The van der Waals surface area contributed by atoms with Gasteiger partial charge in [-0.3, -0.25) is 14.4 Å². The number of piperazine rings is 1. The van der Waals surface area contributed by atoms with Crippen molar-refractivity contribution in [2.45, 2.75) is 32.2 Å². The Labute approximate surface area is 180 Å². The lowest BCUT2D eigenvalue weighted by Crippen LogP contribution is -2.60. The molecule has 0 radical (unpaired) electrons. The Kier molecular flexibility index (Phi) is 7.35. The van der Waals surface area contributed by atoms with Crippen molar-refractivity contribution in [2.24, 2.45) is 0 Å². The number of rotatable bonds is 6. The Morgan fingerprint density at radius 2 is 2.00 bits per heavy atom. The number of carbonyl (C=O) groups is 3. The van der Waals surface area contributed by atoms with Gasteiger partial charge in [0.2, 0.25) is 11.8 Å². The zero-order chi connectivity index (χ0) is 21.5. The van der Waals surface area contributed by atoms with Gasteiger partial charge in [0.1, 0.15) is 6.04 Å². The molecule has 1 heterocycles. The lowest BCUT2D eigenvalue weighted by molar-refractivity contribution is -0.147. The first-order valence-corrected chi connectivity index (χ1v) is 10.4. The van der Waals surface area contributed by atoms with Crippen LogP contribution in [0.2, 0.25) is 0 Å². The van der Waals surface area contributed by atoms with E-state index >= 15 is 0 Å². The van der Waals surface area contributed by atoms with Crippen molar-refractivity contribution in [3.05, 3.63) is 48.0 Å². The first-order chi connectivity index (χ1) is 14.5. The Morgan fingerprint density at radius 1 is 1.23 bits per heavy atom. The number of thiocarbonyl (C=S) groups is 1. The average Bonchev–Trinajstić information content (AvgIpc) is 2.73. The highest BCUT2D eigenvalue weighted by molar-refractivity contribution is 7.80. The maximum absolute atomic E-state index is 12.6. The predicted octanol–water partition coefficient (Wildman–Crippen LogP) is 1.93. The smallest absolute Gasteiger partial charge is 0.308 e. The summed E-state index contributed by atoms with van der Waals surface area (Å²) in [4.78, 5) is 38.6. The zero-order valence-corrected chi connectivity index (χ0v) is 17.7. The number of fused-ring (bicyclic) bond motifs is 1. The lowest BCUT2D eigenvalue weighted by atomic mass is 10.0. The van der Waals surface area contributed by atoms with Crippen LogP contribution < -0.4 is 10.6 Å². The number of amides is 2. The molecule has 0 saturated carbocycles. The molecule has 3 rings (SSSR count). The van der Waals surface area contributed by atoms with Crippen molar-refractivity contribution < 1.29 is 19.1 Å². The number of hydrogen-bond donors (Lipinski definition) is 2. The molecule has 7 nitrogen and oxygen atoms in total. The highest BCUT2D eigenvalue weighted by atomic mass is 32.1. The second kappa shape index (κ2) is 10.2. The van der Waals surface area contributed by atoms with E-state index in [1.54, 1.807) is 4.90 Å². The predicted molar refractivity (Wildman–Crippen MR) is 118 cm³/mol. The summed E-state index contributed by atoms with van der Waals surface area (Å²) in [6, 6.07) is 12.9. The fourth-order valence-corrected chi connectivity index (χ4v) is 3.78. The minimum absolute atomic E-state index is 0.120. The van der Waals surface area contributed by atoms with Crippen LogP contribution in [-0.2, 0) is 25.5 Å². The van der Waals surface area contributed by atoms with E-state index in [-0.39, 0.29) is 29.8 Å². The van der Waals surface area contributed by atoms with Gasteiger partial charge in [-0.25, -0.2) is 0 Å². The fraction of sp³-hybridized carbons (Fsp3) is 0.364. The third-order valence-electron chi connectivity index (χ3n) is 4.90. The quantitative estimate of drug-likeness (QED) is 0.541. The zero-order valence-electron chi connectivity index (χ0n) is 16.8. The van der Waals surface area contributed by atoms with E-state index < -0.39 is 12.0 Å². The molecule has 0 bridgehead atoms. The number of esters is 1. The molecule has 2 aromatic carbocycles. The first kappa shape index (κ1) is 21.7. The van der Waals surface area contributed by atoms with Crippen molar-refractivity contribution in [3.8, 4) is 0 Å². The number of carbonyl (C=O) groups excluding carboxylic acids is 3. The van der Waals surface area contributed by atoms with Crippen molar-refractivity contribution in [1.29, 1.82) is 0 Å². The van der Waals surface area contributed by atoms with Crippen molar-refractivity contribution in [3.63, 3.8) is 0 Å². The number of hydrogen-bond acceptors (Lipinski definition) is 5. The molecule has 1 saturated heterocycles. The third-order valence-corrected chi connectivity index (χ3v) is 5.23. The molecule has 0 unspecified atom stereocenters. The molecule has 1 aliphatic heterocycles. The molecule has 2 aromatic rings. The van der Waals surface area contributed by atoms with Crippen molar-refractivity contribution in [2.75, 3.05) is 19.7 Å². The molecule has 2 N–H and O–H groups in total. The average molecular weight is 428 g/mol. The van der Waals surface area contributed by atoms with E-state index in [9.17, 15) is 14.4 Å². The van der Waals surface area contributed by atoms with Gasteiger partial charge in [0.05, 0.1) is 19.4 Å². The minimum atomic E-state index is -0.798. The summed E-state index contributed by atoms with van der Waals surface area (Å²) in [7, 11) is 0. The summed E-state index contributed by atoms with van der Waals surface area (Å²) in [5.41, 5.74) is 0.893. The summed E-state index contributed by atoms with van der Waals surface area (Å²) >= 11 is 5.39. The SMILES string of the molecule is CCCOC(=O)C[C@H]1C(=O)NCCN1C(=S)NC(=O)Cc1cccc2ccccc12. The normalized spacial score (nSPS) is 16.1. The Morgan fingerprint density at radius 3 is 2.80 bits per heavy atom. The van der Waals surface area contributed by atoms with Gasteiger partial charge in [-0.15, -0.1) is 0 Å². The summed E-state index contributed by atoms with van der Waals surface area (Å²) in [5.74, 6) is -1.04. The lowest BCUT2D eigenvalue weighted by Gasteiger charge is -2.36. The summed E-state index contributed by atoms with van der Waals surface area (Å²) in [6.45, 7) is 3.00. The Balaban J connectivity index is 1.66. The highest BCUT2D eigenvalue weighted by Crippen LogP contribution is 2.19. The summed E-state index contributed by atoms with van der Waals surface area (Å²) < 4.78 is 5.10. The second-order valence-corrected chi connectivity index (χ2v) is 7.48. The first-order valence-electron chi connectivity index (χ1n) is 10.00. The van der Waals surface area contributed by atoms with Gasteiger partial charge in [-0.05, 0) is 35.0 Å². The second-order valence-electron chi connectivity index (χ2n) is 7.09. The fourth-order valence-electron chi connectivity index (χ4n) is 3.45. The highest BCUT2D eigenvalue weighted by Gasteiger charge is 2.34. The molecule has 30 heavy (non-hydrogen) atoms. The summed E-state index contributed by atoms with van der Waals surface area (Å²) in [5, 5.41) is 7.66. The van der Waals surface area contributed by atoms with E-state index in [0.29, 0.717) is 26.1 Å². The molecule has 8 heteroatoms. The van der Waals surface area contributed by atoms with Gasteiger partial charge >= 0.3 is 5.97 Å². The van der Waals surface area contributed by atoms with Crippen LogP contribution in [-0.4, -0.2) is 53.5 Å². The molecule has 1 fully saturated rings. The largest absolute Gasteiger partial charge is 0.466 e. The third kappa shape index (κ3) is 5.33. The standard InChI is InChI=1S/C22H25N3O4S/c1-2-12-29-20(27)14-18-21(28)23-10-11-25(18)22(30)24-19(26)13-16-8-5-7-15-6-3-4-9-17(15)16/h3-9,18H,2,10-14H2,1H3,(H,23,28)(H,24,26,30)/t18-/m0/s1. The van der Waals surface area contributed by atoms with E-state index in [4.69, 9.17) is 17.0 Å². The van der Waals surface area contributed by atoms with E-state index in [2.05, 4.69) is 10.6 Å². The van der Waals surface area contributed by atoms with Gasteiger partial charge in [-0.2, -0.15) is 0 Å². The van der Waals surface area contributed by atoms with Gasteiger partial charge in [0.25, 0.3) is 0 Å². The van der Waals surface area contributed by atoms with Crippen LogP contribution in [0.25, 0.3) is 10.8 Å². The minimum Gasteiger partial charge on any atom is -0.466 e. The topological polar surface area (TPSA) is 87.7 Å². The van der Waals surface area contributed by atoms with E-state index in [0.717, 1.165) is 16.3 Å². The van der Waals surface area contributed by atoms with Crippen LogP contribution in [0.15, 0.2) is 42.5 Å². The molecule has 1 atom stereocenters. The van der Waals surface area contributed by atoms with E-state index in [1.165, 1.54) is 0 Å². The maximum atomic E-state index is 12.6. The molecule has 1 aliphatic rings. The van der Waals surface area contributed by atoms with Crippen LogP contribution >= 0.6 is 12.2 Å². The van der Waals surface area contributed by atoms with Crippen molar-refractivity contribution in [1.82, 2.24) is 15.5 Å². The van der Waals surface area contributed by atoms with Gasteiger partial charge in [0.15, 0.2) is 5.11 Å². The molecule has 158 valence electrons. The van der Waals surface area contributed by atoms with Crippen LogP contribution in [0.1, 0.15) is 25.3 Å². The molecule has 0 spiro atoms. The van der Waals surface area contributed by atoms with Gasteiger partial charge < -0.3 is 20.3 Å². The monoisotopic (exact) mass is 427 g/mol. The summed E-state index contributed by atoms with van der Waals surface area (Å²) in [6.07, 6.45) is 0.741. The Hall–Kier alpha value is -3.00. The molecular formula is C22H25N3O4S. The van der Waals surface area contributed by atoms with Crippen molar-refractivity contribution >= 4 is 45.9 Å². The van der Waals surface area contributed by atoms with Crippen LogP contribution in [0.3, 0.4) is 0 Å². The molecule has 2 amide bonds. The van der Waals surface area contributed by atoms with Crippen LogP contribution in [0.5, 0.6) is 0 Å². The molecule has 0 aromatic heterocycles. The number of benzene rings is 2. The van der Waals surface area contributed by atoms with Gasteiger partial charge in [0, 0.05) is 13.1 Å². The maximum Gasteiger partial charge on any atom is 0.308 e. The Bertz CT molecular complexity index is 957. The van der Waals surface area contributed by atoms with Crippen LogP contribution in [0, 0.1) is 0 Å². The number of nitrogens with zero attached hydrogens (tertiary/aromatic N) is 1. The molecular weight excluding hydrogens is 402 g/mol. The number of nitrogens with one attached hydrogen (secondary N) is 2. The van der Waals surface area contributed by atoms with Crippen LogP contribution in [0.4, 0.5) is 0 Å². The molecule has 0 aliphatic carbocycles.